The molecule has 1 atom stereocenters. The maximum atomic E-state index is 12.3. The zero-order chi connectivity index (χ0) is 13.8. The van der Waals surface area contributed by atoms with Crippen molar-refractivity contribution >= 4 is 10.8 Å². The molecule has 0 N–H and O–H groups in total. The largest absolute Gasteiger partial charge is 0.254 e. The summed E-state index contributed by atoms with van der Waals surface area (Å²) in [4.78, 5) is 0.851. The minimum absolute atomic E-state index is 0.487. The Morgan fingerprint density at radius 1 is 1.16 bits per heavy atom. The van der Waals surface area contributed by atoms with Crippen molar-refractivity contribution < 1.29 is 4.21 Å². The van der Waals surface area contributed by atoms with E-state index in [0.29, 0.717) is 11.3 Å². The van der Waals surface area contributed by atoms with Crippen LogP contribution in [0.25, 0.3) is 0 Å². The molecule has 0 amide bonds. The van der Waals surface area contributed by atoms with Crippen molar-refractivity contribution in [2.45, 2.75) is 24.5 Å². The van der Waals surface area contributed by atoms with Crippen molar-refractivity contribution in [3.63, 3.8) is 0 Å². The van der Waals surface area contributed by atoms with E-state index in [1.54, 1.807) is 6.07 Å². The first-order chi connectivity index (χ1) is 9.10. The highest BCUT2D eigenvalue weighted by Gasteiger charge is 2.08. The minimum atomic E-state index is -1.05. The molecule has 0 heterocycles. The van der Waals surface area contributed by atoms with Crippen molar-refractivity contribution in [1.29, 1.82) is 5.26 Å². The monoisotopic (exact) mass is 269 g/mol. The number of rotatable bonds is 3. The topological polar surface area (TPSA) is 40.9 Å². The predicted molar refractivity (Wildman–Crippen MR) is 77.2 cm³/mol. The number of hydrogen-bond donors (Lipinski definition) is 0. The molecule has 0 saturated carbocycles. The van der Waals surface area contributed by atoms with Gasteiger partial charge in [-0.2, -0.15) is 5.26 Å². The summed E-state index contributed by atoms with van der Waals surface area (Å²) in [5.41, 5.74) is 3.80. The van der Waals surface area contributed by atoms with Crippen LogP contribution in [0.2, 0.25) is 0 Å². The molecule has 2 nitrogen and oxygen atoms in total. The summed E-state index contributed by atoms with van der Waals surface area (Å²) >= 11 is 0. The smallest absolute Gasteiger partial charge is 0.0991 e. The molecule has 0 aromatic heterocycles. The summed E-state index contributed by atoms with van der Waals surface area (Å²) in [5.74, 6) is 0.487. The molecule has 19 heavy (non-hydrogen) atoms. The van der Waals surface area contributed by atoms with E-state index in [1.807, 2.05) is 50.2 Å². The van der Waals surface area contributed by atoms with Gasteiger partial charge in [-0.15, -0.1) is 0 Å². The van der Waals surface area contributed by atoms with E-state index in [2.05, 4.69) is 6.07 Å². The van der Waals surface area contributed by atoms with Crippen LogP contribution in [0, 0.1) is 25.2 Å². The maximum Gasteiger partial charge on any atom is 0.0991 e. The normalized spacial score (nSPS) is 11.8. The average Bonchev–Trinajstić information content (AvgIpc) is 2.41. The van der Waals surface area contributed by atoms with Gasteiger partial charge in [0.15, 0.2) is 0 Å². The van der Waals surface area contributed by atoms with Crippen molar-refractivity contribution in [3.05, 3.63) is 64.7 Å². The van der Waals surface area contributed by atoms with Crippen LogP contribution in [0.5, 0.6) is 0 Å². The maximum absolute atomic E-state index is 12.3. The van der Waals surface area contributed by atoms with Crippen LogP contribution in [0.3, 0.4) is 0 Å². The van der Waals surface area contributed by atoms with Gasteiger partial charge in [-0.05, 0) is 54.8 Å². The molecule has 0 aliphatic carbocycles. The first kappa shape index (κ1) is 13.5. The third kappa shape index (κ3) is 3.30. The molecule has 0 radical (unpaired) electrons. The van der Waals surface area contributed by atoms with Crippen LogP contribution in [-0.4, -0.2) is 4.21 Å². The second-order valence-corrected chi connectivity index (χ2v) is 6.01. The molecule has 2 aromatic carbocycles. The van der Waals surface area contributed by atoms with Gasteiger partial charge < -0.3 is 0 Å². The Balaban J connectivity index is 2.22. The minimum Gasteiger partial charge on any atom is -0.254 e. The molecule has 0 aliphatic heterocycles. The molecule has 0 fully saturated rings. The molecule has 0 aliphatic rings. The number of benzene rings is 2. The lowest BCUT2D eigenvalue weighted by Gasteiger charge is -2.07. The predicted octanol–water partition coefficient (Wildman–Crippen LogP) is 3.48. The van der Waals surface area contributed by atoms with Crippen molar-refractivity contribution in [2.75, 3.05) is 0 Å². The summed E-state index contributed by atoms with van der Waals surface area (Å²) in [5, 5.41) is 8.83. The standard InChI is InChI=1S/C16H15NOS/c1-12-4-3-5-16(8-12)19(18)11-15-7-6-14(10-17)9-13(15)2/h3-9H,11H2,1-2H3. The Morgan fingerprint density at radius 2 is 1.95 bits per heavy atom. The fourth-order valence-electron chi connectivity index (χ4n) is 1.91. The summed E-state index contributed by atoms with van der Waals surface area (Å²) in [7, 11) is -1.05. The summed E-state index contributed by atoms with van der Waals surface area (Å²) < 4.78 is 12.3. The molecule has 0 spiro atoms. The number of nitrogens with zero attached hydrogens (tertiary/aromatic N) is 1. The van der Waals surface area contributed by atoms with Crippen LogP contribution in [0.1, 0.15) is 22.3 Å². The highest BCUT2D eigenvalue weighted by molar-refractivity contribution is 7.84. The van der Waals surface area contributed by atoms with E-state index in [9.17, 15) is 4.21 Å². The van der Waals surface area contributed by atoms with Gasteiger partial charge in [-0.25, -0.2) is 0 Å². The van der Waals surface area contributed by atoms with E-state index < -0.39 is 10.8 Å². The van der Waals surface area contributed by atoms with E-state index in [4.69, 9.17) is 5.26 Å². The zero-order valence-corrected chi connectivity index (χ0v) is 11.8. The lowest BCUT2D eigenvalue weighted by Crippen LogP contribution is -1.99. The first-order valence-electron chi connectivity index (χ1n) is 6.05. The molecule has 2 rings (SSSR count). The third-order valence-corrected chi connectivity index (χ3v) is 4.36. The van der Waals surface area contributed by atoms with Crippen LogP contribution < -0.4 is 0 Å². The summed E-state index contributed by atoms with van der Waals surface area (Å²) in [6.45, 7) is 3.94. The van der Waals surface area contributed by atoms with Gasteiger partial charge in [-0.3, -0.25) is 4.21 Å². The molecule has 0 saturated heterocycles. The van der Waals surface area contributed by atoms with E-state index in [-0.39, 0.29) is 0 Å². The third-order valence-electron chi connectivity index (χ3n) is 3.01. The van der Waals surface area contributed by atoms with Crippen molar-refractivity contribution in [2.24, 2.45) is 0 Å². The Labute approximate surface area is 116 Å². The highest BCUT2D eigenvalue weighted by atomic mass is 32.2. The second-order valence-electron chi connectivity index (χ2n) is 4.56. The van der Waals surface area contributed by atoms with Crippen LogP contribution >= 0.6 is 0 Å². The van der Waals surface area contributed by atoms with Crippen molar-refractivity contribution in [1.82, 2.24) is 0 Å². The van der Waals surface area contributed by atoms with Crippen LogP contribution in [0.4, 0.5) is 0 Å². The molecular weight excluding hydrogens is 254 g/mol. The van der Waals surface area contributed by atoms with Gasteiger partial charge in [-0.1, -0.05) is 18.2 Å². The molecular formula is C16H15NOS. The van der Waals surface area contributed by atoms with Gasteiger partial charge in [0.1, 0.15) is 0 Å². The van der Waals surface area contributed by atoms with Gasteiger partial charge in [0.05, 0.1) is 28.2 Å². The first-order valence-corrected chi connectivity index (χ1v) is 7.36. The Kier molecular flexibility index (Phi) is 4.13. The fourth-order valence-corrected chi connectivity index (χ4v) is 3.23. The molecule has 1 unspecified atom stereocenters. The summed E-state index contributed by atoms with van der Waals surface area (Å²) in [6.07, 6.45) is 0. The molecule has 2 aromatic rings. The number of aryl methyl sites for hydroxylation is 2. The molecule has 0 bridgehead atoms. The van der Waals surface area contributed by atoms with Crippen LogP contribution in [-0.2, 0) is 16.6 Å². The van der Waals surface area contributed by atoms with E-state index >= 15 is 0 Å². The SMILES string of the molecule is Cc1cccc(S(=O)Cc2ccc(C#N)cc2C)c1. The Morgan fingerprint density at radius 3 is 2.58 bits per heavy atom. The Bertz CT molecular complexity index is 671. The highest BCUT2D eigenvalue weighted by Crippen LogP contribution is 2.17. The number of nitriles is 1. The van der Waals surface area contributed by atoms with E-state index in [1.165, 1.54) is 0 Å². The van der Waals surface area contributed by atoms with Gasteiger partial charge >= 0.3 is 0 Å². The molecule has 3 heteroatoms. The van der Waals surface area contributed by atoms with Gasteiger partial charge in [0, 0.05) is 4.90 Å². The number of hydrogen-bond acceptors (Lipinski definition) is 2. The second kappa shape index (κ2) is 5.81. The average molecular weight is 269 g/mol. The lowest BCUT2D eigenvalue weighted by atomic mass is 10.1. The zero-order valence-electron chi connectivity index (χ0n) is 11.0. The van der Waals surface area contributed by atoms with Crippen LogP contribution in [0.15, 0.2) is 47.4 Å². The van der Waals surface area contributed by atoms with E-state index in [0.717, 1.165) is 21.6 Å². The van der Waals surface area contributed by atoms with Gasteiger partial charge in [0.25, 0.3) is 0 Å². The fraction of sp³-hybridized carbons (Fsp3) is 0.188. The lowest BCUT2D eigenvalue weighted by molar-refractivity contribution is 0.682. The van der Waals surface area contributed by atoms with Gasteiger partial charge in [0.2, 0.25) is 0 Å². The molecule has 96 valence electrons. The summed E-state index contributed by atoms with van der Waals surface area (Å²) in [6, 6.07) is 15.4. The van der Waals surface area contributed by atoms with Crippen molar-refractivity contribution in [3.8, 4) is 6.07 Å². The Hall–Kier alpha value is -1.92. The quantitative estimate of drug-likeness (QED) is 0.856.